The fourth-order valence-electron chi connectivity index (χ4n) is 1.89. The summed E-state index contributed by atoms with van der Waals surface area (Å²) in [6.07, 6.45) is -4.55. The number of alkyl halides is 3. The van der Waals surface area contributed by atoms with E-state index in [4.69, 9.17) is 0 Å². The van der Waals surface area contributed by atoms with Gasteiger partial charge in [0.15, 0.2) is 0 Å². The number of nitrogens with one attached hydrogen (secondary N) is 2. The maximum absolute atomic E-state index is 12.0. The van der Waals surface area contributed by atoms with Crippen molar-refractivity contribution in [2.24, 2.45) is 0 Å². The zero-order valence-electron chi connectivity index (χ0n) is 13.8. The van der Waals surface area contributed by atoms with Crippen LogP contribution in [0.25, 0.3) is 5.69 Å². The van der Waals surface area contributed by atoms with Crippen molar-refractivity contribution in [2.75, 3.05) is 12.3 Å². The predicted octanol–water partition coefficient (Wildman–Crippen LogP) is 1.76. The number of halogens is 3. The van der Waals surface area contributed by atoms with Gasteiger partial charge in [-0.25, -0.2) is 4.79 Å². The summed E-state index contributed by atoms with van der Waals surface area (Å²) in [4.78, 5) is 22.9. The summed E-state index contributed by atoms with van der Waals surface area (Å²) in [5, 5.41) is 14.9. The number of urea groups is 1. The molecule has 0 bridgehead atoms. The number of imide groups is 1. The van der Waals surface area contributed by atoms with E-state index in [1.165, 1.54) is 4.68 Å². The van der Waals surface area contributed by atoms with Crippen LogP contribution in [0.2, 0.25) is 0 Å². The number of nitrogens with zero attached hydrogens (tertiary/aromatic N) is 4. The number of rotatable bonds is 5. The minimum Gasteiger partial charge on any atom is -0.329 e. The van der Waals surface area contributed by atoms with Gasteiger partial charge in [0.1, 0.15) is 6.54 Å². The predicted molar refractivity (Wildman–Crippen MR) is 86.9 cm³/mol. The van der Waals surface area contributed by atoms with Crippen molar-refractivity contribution in [3.05, 3.63) is 29.3 Å². The molecule has 0 aliphatic heterocycles. The van der Waals surface area contributed by atoms with Gasteiger partial charge in [-0.2, -0.15) is 17.9 Å². The number of tetrazole rings is 1. The van der Waals surface area contributed by atoms with Gasteiger partial charge in [0.05, 0.1) is 11.4 Å². The standard InChI is InChI=1S/C14H15F3N6O2S/c1-8-3-4-9(2)10(5-8)23-13(20-21-22-23)26-6-11(24)19-12(25)18-7-14(15,16)17/h3-5H,6-7H2,1-2H3,(H2,18,19,24,25). The molecule has 1 aromatic carbocycles. The van der Waals surface area contributed by atoms with E-state index in [0.29, 0.717) is 5.16 Å². The first-order chi connectivity index (χ1) is 12.2. The molecule has 0 radical (unpaired) electrons. The lowest BCUT2D eigenvalue weighted by Gasteiger charge is -2.09. The Kier molecular flexibility index (Phi) is 6.18. The molecular formula is C14H15F3N6O2S. The Balaban J connectivity index is 1.95. The van der Waals surface area contributed by atoms with E-state index in [2.05, 4.69) is 15.5 Å². The van der Waals surface area contributed by atoms with E-state index in [-0.39, 0.29) is 5.75 Å². The lowest BCUT2D eigenvalue weighted by molar-refractivity contribution is -0.124. The SMILES string of the molecule is Cc1ccc(C)c(-n2nnnc2SCC(=O)NC(=O)NCC(F)(F)F)c1. The number of amides is 3. The molecule has 0 unspecified atom stereocenters. The van der Waals surface area contributed by atoms with Gasteiger partial charge in [0.2, 0.25) is 11.1 Å². The highest BCUT2D eigenvalue weighted by Crippen LogP contribution is 2.21. The molecule has 140 valence electrons. The molecule has 3 amide bonds. The topological polar surface area (TPSA) is 102 Å². The number of thioether (sulfide) groups is 1. The number of carbonyl (C=O) groups excluding carboxylic acids is 2. The summed E-state index contributed by atoms with van der Waals surface area (Å²) in [5.74, 6) is -1.02. The van der Waals surface area contributed by atoms with Crippen LogP contribution in [0.5, 0.6) is 0 Å². The van der Waals surface area contributed by atoms with Crippen molar-refractivity contribution in [3.63, 3.8) is 0 Å². The Hall–Kier alpha value is -2.63. The van der Waals surface area contributed by atoms with Crippen LogP contribution in [0, 0.1) is 13.8 Å². The molecule has 0 fully saturated rings. The van der Waals surface area contributed by atoms with Gasteiger partial charge in [-0.15, -0.1) is 5.10 Å². The summed E-state index contributed by atoms with van der Waals surface area (Å²) in [5.41, 5.74) is 2.65. The van der Waals surface area contributed by atoms with Gasteiger partial charge in [-0.05, 0) is 41.5 Å². The highest BCUT2D eigenvalue weighted by Gasteiger charge is 2.28. The second-order valence-corrected chi connectivity index (χ2v) is 6.24. The number of aromatic nitrogens is 4. The van der Waals surface area contributed by atoms with Crippen molar-refractivity contribution in [2.45, 2.75) is 25.2 Å². The number of carbonyl (C=O) groups is 2. The third-order valence-electron chi connectivity index (χ3n) is 3.07. The third kappa shape index (κ3) is 5.72. The molecule has 0 atom stereocenters. The van der Waals surface area contributed by atoms with Crippen LogP contribution in [-0.4, -0.2) is 50.6 Å². The van der Waals surface area contributed by atoms with Crippen molar-refractivity contribution in [3.8, 4) is 5.69 Å². The van der Waals surface area contributed by atoms with Crippen LogP contribution in [0.1, 0.15) is 11.1 Å². The van der Waals surface area contributed by atoms with Gasteiger partial charge in [-0.1, -0.05) is 23.9 Å². The van der Waals surface area contributed by atoms with Crippen LogP contribution < -0.4 is 10.6 Å². The molecule has 2 rings (SSSR count). The summed E-state index contributed by atoms with van der Waals surface area (Å²) in [6, 6.07) is 4.49. The quantitative estimate of drug-likeness (QED) is 0.757. The lowest BCUT2D eigenvalue weighted by Crippen LogP contribution is -2.43. The molecule has 0 aliphatic carbocycles. The van der Waals surface area contributed by atoms with Crippen LogP contribution in [0.3, 0.4) is 0 Å². The summed E-state index contributed by atoms with van der Waals surface area (Å²) in [7, 11) is 0. The summed E-state index contributed by atoms with van der Waals surface area (Å²) < 4.78 is 37.4. The Labute approximate surface area is 150 Å². The molecule has 0 aliphatic rings. The lowest BCUT2D eigenvalue weighted by atomic mass is 10.1. The smallest absolute Gasteiger partial charge is 0.329 e. The number of aryl methyl sites for hydroxylation is 2. The van der Waals surface area contributed by atoms with Crippen LogP contribution >= 0.6 is 11.8 Å². The van der Waals surface area contributed by atoms with Crippen LogP contribution in [-0.2, 0) is 4.79 Å². The monoisotopic (exact) mass is 388 g/mol. The summed E-state index contributed by atoms with van der Waals surface area (Å²) >= 11 is 0.949. The first-order valence-electron chi connectivity index (χ1n) is 7.29. The fourth-order valence-corrected chi connectivity index (χ4v) is 2.57. The maximum Gasteiger partial charge on any atom is 0.405 e. The summed E-state index contributed by atoms with van der Waals surface area (Å²) in [6.45, 7) is 2.26. The molecule has 12 heteroatoms. The first kappa shape index (κ1) is 19.7. The highest BCUT2D eigenvalue weighted by atomic mass is 32.2. The van der Waals surface area contributed by atoms with Gasteiger partial charge in [0, 0.05) is 0 Å². The Bertz CT molecular complexity index is 808. The van der Waals surface area contributed by atoms with Gasteiger partial charge in [-0.3, -0.25) is 10.1 Å². The second kappa shape index (κ2) is 8.17. The first-order valence-corrected chi connectivity index (χ1v) is 8.27. The Morgan fingerprint density at radius 2 is 2.00 bits per heavy atom. The average molecular weight is 388 g/mol. The van der Waals surface area contributed by atoms with Crippen molar-refractivity contribution < 1.29 is 22.8 Å². The molecule has 26 heavy (non-hydrogen) atoms. The largest absolute Gasteiger partial charge is 0.405 e. The molecule has 2 N–H and O–H groups in total. The number of hydrogen-bond donors (Lipinski definition) is 2. The van der Waals surface area contributed by atoms with E-state index < -0.39 is 24.7 Å². The van der Waals surface area contributed by atoms with E-state index in [1.54, 1.807) is 5.32 Å². The van der Waals surface area contributed by atoms with Crippen LogP contribution in [0.15, 0.2) is 23.4 Å². The minimum absolute atomic E-state index is 0.245. The van der Waals surface area contributed by atoms with Crippen LogP contribution in [0.4, 0.5) is 18.0 Å². The fraction of sp³-hybridized carbons (Fsp3) is 0.357. The van der Waals surface area contributed by atoms with Gasteiger partial charge in [0.25, 0.3) is 0 Å². The highest BCUT2D eigenvalue weighted by molar-refractivity contribution is 7.99. The average Bonchev–Trinajstić information content (AvgIpc) is 3.01. The minimum atomic E-state index is -4.55. The van der Waals surface area contributed by atoms with Crippen molar-refractivity contribution in [1.82, 2.24) is 30.8 Å². The van der Waals surface area contributed by atoms with Gasteiger partial charge < -0.3 is 5.32 Å². The number of benzene rings is 1. The van der Waals surface area contributed by atoms with E-state index in [0.717, 1.165) is 28.6 Å². The molecular weight excluding hydrogens is 373 g/mol. The second-order valence-electron chi connectivity index (χ2n) is 5.30. The van der Waals surface area contributed by atoms with E-state index in [1.807, 2.05) is 37.4 Å². The van der Waals surface area contributed by atoms with E-state index >= 15 is 0 Å². The molecule has 0 saturated heterocycles. The Morgan fingerprint density at radius 3 is 2.69 bits per heavy atom. The van der Waals surface area contributed by atoms with Crippen molar-refractivity contribution >= 4 is 23.7 Å². The van der Waals surface area contributed by atoms with Crippen molar-refractivity contribution in [1.29, 1.82) is 0 Å². The normalized spacial score (nSPS) is 11.3. The Morgan fingerprint density at radius 1 is 1.27 bits per heavy atom. The molecule has 8 nitrogen and oxygen atoms in total. The molecule has 1 aromatic heterocycles. The zero-order valence-corrected chi connectivity index (χ0v) is 14.6. The molecule has 1 heterocycles. The van der Waals surface area contributed by atoms with Gasteiger partial charge >= 0.3 is 12.2 Å². The zero-order chi connectivity index (χ0) is 19.3. The molecule has 0 saturated carbocycles. The molecule has 2 aromatic rings. The third-order valence-corrected chi connectivity index (χ3v) is 3.99. The maximum atomic E-state index is 12.0. The van der Waals surface area contributed by atoms with E-state index in [9.17, 15) is 22.8 Å². The number of hydrogen-bond acceptors (Lipinski definition) is 6. The molecule has 0 spiro atoms.